The average Bonchev–Trinajstić information content (AvgIpc) is 3.55. The number of carbonyl (C=O) groups excluding carboxylic acids is 1. The summed E-state index contributed by atoms with van der Waals surface area (Å²) in [4.78, 5) is 18.3. The van der Waals surface area contributed by atoms with E-state index in [2.05, 4.69) is 33.0 Å². The first-order valence-electron chi connectivity index (χ1n) is 13.2. The van der Waals surface area contributed by atoms with Crippen LogP contribution in [0, 0.1) is 5.82 Å². The number of amides is 1. The number of hydrogen-bond acceptors (Lipinski definition) is 8. The van der Waals surface area contributed by atoms with E-state index in [0.29, 0.717) is 36.1 Å². The van der Waals surface area contributed by atoms with Crippen molar-refractivity contribution < 1.29 is 28.0 Å². The highest BCUT2D eigenvalue weighted by molar-refractivity contribution is 5.71. The maximum atomic E-state index is 15.0. The number of carbonyl (C=O) groups is 1. The molecule has 0 spiro atoms. The molecule has 2 aromatic carbocycles. The molecule has 3 aliphatic rings. The minimum Gasteiger partial charge on any atom is -0.493 e. The second kappa shape index (κ2) is 10.6. The molecule has 38 heavy (non-hydrogen) atoms. The van der Waals surface area contributed by atoms with Crippen LogP contribution in [0.2, 0.25) is 0 Å². The second-order valence-corrected chi connectivity index (χ2v) is 9.87. The van der Waals surface area contributed by atoms with Crippen molar-refractivity contribution in [2.75, 3.05) is 24.6 Å². The third-order valence-corrected chi connectivity index (χ3v) is 7.31. The summed E-state index contributed by atoms with van der Waals surface area (Å²) in [5.74, 6) is 1.20. The first-order valence-corrected chi connectivity index (χ1v) is 13.2. The molecule has 1 unspecified atom stereocenters. The molecule has 0 radical (unpaired) electrons. The van der Waals surface area contributed by atoms with E-state index >= 15 is 0 Å². The lowest BCUT2D eigenvalue weighted by atomic mass is 10.0. The van der Waals surface area contributed by atoms with Gasteiger partial charge in [-0.2, -0.15) is 0 Å². The molecule has 3 fully saturated rings. The monoisotopic (exact) mass is 522 g/mol. The van der Waals surface area contributed by atoms with Crippen LogP contribution in [0.15, 0.2) is 47.0 Å². The first kappa shape index (κ1) is 24.7. The van der Waals surface area contributed by atoms with Gasteiger partial charge in [0.15, 0.2) is 0 Å². The van der Waals surface area contributed by atoms with Crippen LogP contribution in [-0.2, 0) is 16.2 Å². The number of anilines is 1. The molecule has 2 aliphatic heterocycles. The second-order valence-electron chi connectivity index (χ2n) is 9.87. The molecule has 6 rings (SSSR count). The normalized spacial score (nSPS) is 19.9. The van der Waals surface area contributed by atoms with E-state index < -0.39 is 6.09 Å². The number of benzene rings is 2. The number of ether oxygens (including phenoxy) is 2. The van der Waals surface area contributed by atoms with Gasteiger partial charge >= 0.3 is 6.09 Å². The molecule has 1 atom stereocenters. The van der Waals surface area contributed by atoms with E-state index in [0.717, 1.165) is 61.3 Å². The highest BCUT2D eigenvalue weighted by atomic mass is 19.1. The smallest absolute Gasteiger partial charge is 0.427 e. The Morgan fingerprint density at radius 2 is 1.89 bits per heavy atom. The van der Waals surface area contributed by atoms with Crippen LogP contribution in [-0.4, -0.2) is 37.1 Å². The van der Waals surface area contributed by atoms with Crippen molar-refractivity contribution >= 4 is 11.8 Å². The van der Waals surface area contributed by atoms with Crippen molar-refractivity contribution in [2.45, 2.75) is 57.4 Å². The van der Waals surface area contributed by atoms with Gasteiger partial charge in [0, 0.05) is 30.3 Å². The third kappa shape index (κ3) is 5.06. The van der Waals surface area contributed by atoms with Gasteiger partial charge in [-0.15, -0.1) is 5.48 Å². The molecule has 1 aromatic heterocycles. The van der Waals surface area contributed by atoms with Gasteiger partial charge in [-0.05, 0) is 62.4 Å². The lowest BCUT2D eigenvalue weighted by molar-refractivity contribution is 0.0246. The summed E-state index contributed by atoms with van der Waals surface area (Å²) >= 11 is 0. The molecule has 1 saturated carbocycles. The summed E-state index contributed by atoms with van der Waals surface area (Å²) in [6, 6.07) is 12.9. The maximum Gasteiger partial charge on any atom is 0.427 e. The molecule has 1 amide bonds. The minimum atomic E-state index is -0.479. The van der Waals surface area contributed by atoms with Gasteiger partial charge in [0.2, 0.25) is 0 Å². The van der Waals surface area contributed by atoms with E-state index in [1.165, 1.54) is 6.07 Å². The highest BCUT2D eigenvalue weighted by Crippen LogP contribution is 2.46. The topological polar surface area (TPSA) is 98.1 Å². The first-order chi connectivity index (χ1) is 18.6. The number of hydrogen-bond donors (Lipinski definition) is 2. The quantitative estimate of drug-likeness (QED) is 0.397. The maximum absolute atomic E-state index is 15.0. The van der Waals surface area contributed by atoms with Gasteiger partial charge in [0.1, 0.15) is 29.2 Å². The summed E-state index contributed by atoms with van der Waals surface area (Å²) in [6.07, 6.45) is 3.11. The molecular weight excluding hydrogens is 491 g/mol. The standard InChI is InChI=1S/C28H31FN4O5/c1-2-35-23-5-3-4-22(29)24(23)25-21(26(37-31-25)17-6-7-17)16-36-20-12-14-33(15-13-20)19-10-8-18(9-11-19)27-30-28(34)38-32-27/h3-5,8-11,17,20,27,32H,2,6-7,12-16H2,1H3,(H,30,34). The van der Waals surface area contributed by atoms with Gasteiger partial charge in [-0.3, -0.25) is 5.32 Å². The average molecular weight is 523 g/mol. The zero-order valence-corrected chi connectivity index (χ0v) is 21.2. The van der Waals surface area contributed by atoms with Gasteiger partial charge in [0.25, 0.3) is 0 Å². The molecule has 1 aliphatic carbocycles. The van der Waals surface area contributed by atoms with E-state index in [1.807, 2.05) is 19.1 Å². The molecule has 2 saturated heterocycles. The van der Waals surface area contributed by atoms with Crippen molar-refractivity contribution in [2.24, 2.45) is 0 Å². The van der Waals surface area contributed by atoms with Crippen LogP contribution >= 0.6 is 0 Å². The third-order valence-electron chi connectivity index (χ3n) is 7.31. The zero-order chi connectivity index (χ0) is 26.1. The molecule has 3 aromatic rings. The number of piperidine rings is 1. The van der Waals surface area contributed by atoms with Crippen LogP contribution < -0.4 is 20.4 Å². The molecule has 9 nitrogen and oxygen atoms in total. The molecule has 10 heteroatoms. The molecule has 2 N–H and O–H groups in total. The van der Waals surface area contributed by atoms with Gasteiger partial charge < -0.3 is 23.7 Å². The predicted octanol–water partition coefficient (Wildman–Crippen LogP) is 5.19. The van der Waals surface area contributed by atoms with Crippen molar-refractivity contribution in [3.63, 3.8) is 0 Å². The minimum absolute atomic E-state index is 0.0855. The van der Waals surface area contributed by atoms with Crippen LogP contribution in [0.25, 0.3) is 11.3 Å². The highest BCUT2D eigenvalue weighted by Gasteiger charge is 2.34. The SMILES string of the molecule is CCOc1cccc(F)c1-c1noc(C2CC2)c1COC1CCN(c2ccc(C3NOC(=O)N3)cc2)CC1. The van der Waals surface area contributed by atoms with Crippen molar-refractivity contribution in [3.05, 3.63) is 65.2 Å². The molecule has 200 valence electrons. The van der Waals surface area contributed by atoms with Crippen molar-refractivity contribution in [1.29, 1.82) is 0 Å². The number of hydroxylamine groups is 1. The Labute approximate surface area is 220 Å². The van der Waals surface area contributed by atoms with Gasteiger partial charge in [0.05, 0.1) is 24.9 Å². The number of rotatable bonds is 9. The Kier molecular flexibility index (Phi) is 6.90. The fourth-order valence-corrected chi connectivity index (χ4v) is 5.13. The van der Waals surface area contributed by atoms with Crippen molar-refractivity contribution in [1.82, 2.24) is 16.0 Å². The zero-order valence-electron chi connectivity index (χ0n) is 21.2. The van der Waals surface area contributed by atoms with E-state index in [-0.39, 0.29) is 18.1 Å². The molecular formula is C28H31FN4O5. The fourth-order valence-electron chi connectivity index (χ4n) is 5.13. The fraction of sp³-hybridized carbons (Fsp3) is 0.429. The summed E-state index contributed by atoms with van der Waals surface area (Å²) in [5, 5.41) is 6.99. The van der Waals surface area contributed by atoms with E-state index in [1.54, 1.807) is 12.1 Å². The Hall–Kier alpha value is -3.63. The predicted molar refractivity (Wildman–Crippen MR) is 137 cm³/mol. The largest absolute Gasteiger partial charge is 0.493 e. The van der Waals surface area contributed by atoms with E-state index in [9.17, 15) is 9.18 Å². The number of nitrogens with zero attached hydrogens (tertiary/aromatic N) is 2. The Bertz CT molecular complexity index is 1280. The van der Waals surface area contributed by atoms with E-state index in [4.69, 9.17) is 18.8 Å². The lowest BCUT2D eigenvalue weighted by Crippen LogP contribution is -2.37. The molecule has 0 bridgehead atoms. The number of aromatic nitrogens is 1. The summed E-state index contributed by atoms with van der Waals surface area (Å²) in [5.41, 5.74) is 6.35. The van der Waals surface area contributed by atoms with Crippen LogP contribution in [0.1, 0.15) is 61.6 Å². The van der Waals surface area contributed by atoms with Crippen LogP contribution in [0.3, 0.4) is 0 Å². The summed E-state index contributed by atoms with van der Waals surface area (Å²) < 4.78 is 32.8. The van der Waals surface area contributed by atoms with Gasteiger partial charge in [-0.1, -0.05) is 23.4 Å². The number of halogens is 1. The Morgan fingerprint density at radius 1 is 1.11 bits per heavy atom. The summed E-state index contributed by atoms with van der Waals surface area (Å²) in [6.45, 7) is 4.35. The lowest BCUT2D eigenvalue weighted by Gasteiger charge is -2.33. The Balaban J connectivity index is 1.11. The van der Waals surface area contributed by atoms with Gasteiger partial charge in [-0.25, -0.2) is 9.18 Å². The summed E-state index contributed by atoms with van der Waals surface area (Å²) in [7, 11) is 0. The van der Waals surface area contributed by atoms with Crippen molar-refractivity contribution in [3.8, 4) is 17.0 Å². The van der Waals surface area contributed by atoms with Crippen LogP contribution in [0.5, 0.6) is 5.75 Å². The molecule has 3 heterocycles. The van der Waals surface area contributed by atoms with Crippen LogP contribution in [0.4, 0.5) is 14.9 Å². The number of nitrogens with one attached hydrogen (secondary N) is 2. The Morgan fingerprint density at radius 3 is 2.58 bits per heavy atom.